The molecule has 0 radical (unpaired) electrons. The molecule has 0 aliphatic heterocycles. The Bertz CT molecular complexity index is 1210. The van der Waals surface area contributed by atoms with Crippen molar-refractivity contribution in [1.82, 2.24) is 14.7 Å². The number of benzene rings is 2. The number of thioether (sulfide) groups is 1. The minimum Gasteiger partial charge on any atom is -0.360 e. The lowest BCUT2D eigenvalue weighted by molar-refractivity contribution is -0.113. The van der Waals surface area contributed by atoms with Crippen LogP contribution in [0.25, 0.3) is 11.3 Å². The second kappa shape index (κ2) is 9.60. The van der Waals surface area contributed by atoms with E-state index in [-0.39, 0.29) is 11.7 Å². The van der Waals surface area contributed by atoms with Crippen molar-refractivity contribution in [3.63, 3.8) is 0 Å². The van der Waals surface area contributed by atoms with Crippen molar-refractivity contribution in [3.8, 4) is 11.3 Å². The first-order chi connectivity index (χ1) is 15.0. The van der Waals surface area contributed by atoms with Gasteiger partial charge in [-0.1, -0.05) is 76.5 Å². The number of carbonyl (C=O) groups excluding carboxylic acids is 1. The molecule has 0 spiro atoms. The van der Waals surface area contributed by atoms with Gasteiger partial charge in [0.15, 0.2) is 11.0 Å². The molecular weight excluding hydrogens is 455 g/mol. The first-order valence-electron chi connectivity index (χ1n) is 9.40. The van der Waals surface area contributed by atoms with Crippen molar-refractivity contribution < 1.29 is 9.32 Å². The molecule has 0 bridgehead atoms. The monoisotopic (exact) mass is 472 g/mol. The Kier molecular flexibility index (Phi) is 6.65. The van der Waals surface area contributed by atoms with Gasteiger partial charge in [0.05, 0.1) is 34.2 Å². The SMILES string of the molecule is Cc1cc(NC(=O)CSc2ncc(-c3ccc(Cl)c(Cl)c3)n2Cc2ccccc2)no1. The lowest BCUT2D eigenvalue weighted by atomic mass is 10.1. The molecule has 0 aliphatic carbocycles. The lowest BCUT2D eigenvalue weighted by Gasteiger charge is -2.13. The minimum atomic E-state index is -0.191. The van der Waals surface area contributed by atoms with Crippen LogP contribution in [-0.4, -0.2) is 26.4 Å². The number of rotatable bonds is 7. The average molecular weight is 473 g/mol. The van der Waals surface area contributed by atoms with Gasteiger partial charge in [0, 0.05) is 11.6 Å². The molecule has 31 heavy (non-hydrogen) atoms. The molecular formula is C22H18Cl2N4O2S. The van der Waals surface area contributed by atoms with E-state index >= 15 is 0 Å². The van der Waals surface area contributed by atoms with Gasteiger partial charge in [-0.2, -0.15) is 0 Å². The third-order valence-corrected chi connectivity index (χ3v) is 6.18. The van der Waals surface area contributed by atoms with Crippen LogP contribution in [0.4, 0.5) is 5.82 Å². The van der Waals surface area contributed by atoms with Crippen LogP contribution >= 0.6 is 35.0 Å². The number of nitrogens with one attached hydrogen (secondary N) is 1. The van der Waals surface area contributed by atoms with E-state index in [1.165, 1.54) is 11.8 Å². The first kappa shape index (κ1) is 21.5. The van der Waals surface area contributed by atoms with Gasteiger partial charge in [0.1, 0.15) is 5.76 Å². The normalized spacial score (nSPS) is 10.9. The van der Waals surface area contributed by atoms with Crippen molar-refractivity contribution in [2.45, 2.75) is 18.6 Å². The molecule has 9 heteroatoms. The molecule has 1 N–H and O–H groups in total. The molecule has 2 aromatic heterocycles. The quantitative estimate of drug-likeness (QED) is 0.337. The van der Waals surface area contributed by atoms with Crippen molar-refractivity contribution in [3.05, 3.63) is 82.2 Å². The summed E-state index contributed by atoms with van der Waals surface area (Å²) in [6.07, 6.45) is 1.78. The molecule has 0 saturated carbocycles. The van der Waals surface area contributed by atoms with Gasteiger partial charge in [-0.05, 0) is 24.6 Å². The highest BCUT2D eigenvalue weighted by atomic mass is 35.5. The highest BCUT2D eigenvalue weighted by molar-refractivity contribution is 7.99. The van der Waals surface area contributed by atoms with Gasteiger partial charge < -0.3 is 14.4 Å². The van der Waals surface area contributed by atoms with E-state index in [0.717, 1.165) is 22.0 Å². The molecule has 0 atom stereocenters. The Morgan fingerprint density at radius 3 is 2.65 bits per heavy atom. The zero-order valence-electron chi connectivity index (χ0n) is 16.5. The van der Waals surface area contributed by atoms with Gasteiger partial charge in [0.25, 0.3) is 0 Å². The summed E-state index contributed by atoms with van der Waals surface area (Å²) in [5.74, 6) is 1.02. The van der Waals surface area contributed by atoms with E-state index in [9.17, 15) is 4.79 Å². The molecule has 0 aliphatic rings. The Morgan fingerprint density at radius 1 is 1.13 bits per heavy atom. The van der Waals surface area contributed by atoms with Gasteiger partial charge >= 0.3 is 0 Å². The third kappa shape index (κ3) is 5.31. The number of halogens is 2. The van der Waals surface area contributed by atoms with Gasteiger partial charge in [0.2, 0.25) is 5.91 Å². The Hall–Kier alpha value is -2.74. The van der Waals surface area contributed by atoms with Crippen molar-refractivity contribution in [2.75, 3.05) is 11.1 Å². The van der Waals surface area contributed by atoms with Crippen molar-refractivity contribution in [2.24, 2.45) is 0 Å². The maximum atomic E-state index is 12.3. The molecule has 0 fully saturated rings. The lowest BCUT2D eigenvalue weighted by Crippen LogP contribution is -2.15. The van der Waals surface area contributed by atoms with E-state index in [0.29, 0.717) is 28.2 Å². The predicted octanol–water partition coefficient (Wildman–Crippen LogP) is 5.93. The Labute approximate surface area is 193 Å². The Balaban J connectivity index is 1.58. The van der Waals surface area contributed by atoms with E-state index in [4.69, 9.17) is 27.7 Å². The smallest absolute Gasteiger partial charge is 0.236 e. The van der Waals surface area contributed by atoms with Crippen LogP contribution in [-0.2, 0) is 11.3 Å². The number of imidazole rings is 1. The number of nitrogens with zero attached hydrogens (tertiary/aromatic N) is 3. The summed E-state index contributed by atoms with van der Waals surface area (Å²) in [5, 5.41) is 8.19. The fraction of sp³-hybridized carbons (Fsp3) is 0.136. The number of hydrogen-bond donors (Lipinski definition) is 1. The summed E-state index contributed by atoms with van der Waals surface area (Å²) in [5.41, 5.74) is 2.90. The number of amides is 1. The summed E-state index contributed by atoms with van der Waals surface area (Å²) in [6.45, 7) is 2.37. The zero-order valence-corrected chi connectivity index (χ0v) is 18.8. The number of aryl methyl sites for hydroxylation is 1. The average Bonchev–Trinajstić information content (AvgIpc) is 3.35. The molecule has 1 amide bonds. The summed E-state index contributed by atoms with van der Waals surface area (Å²) in [4.78, 5) is 16.9. The van der Waals surface area contributed by atoms with Gasteiger partial charge in [-0.3, -0.25) is 4.79 Å². The van der Waals surface area contributed by atoms with E-state index in [1.807, 2.05) is 42.5 Å². The van der Waals surface area contributed by atoms with Crippen LogP contribution < -0.4 is 5.32 Å². The molecule has 2 heterocycles. The highest BCUT2D eigenvalue weighted by Crippen LogP contribution is 2.31. The van der Waals surface area contributed by atoms with E-state index in [1.54, 1.807) is 25.3 Å². The summed E-state index contributed by atoms with van der Waals surface area (Å²) < 4.78 is 7.04. The number of aromatic nitrogens is 3. The second-order valence-electron chi connectivity index (χ2n) is 6.79. The van der Waals surface area contributed by atoms with E-state index in [2.05, 4.69) is 20.0 Å². The number of anilines is 1. The van der Waals surface area contributed by atoms with E-state index < -0.39 is 0 Å². The van der Waals surface area contributed by atoms with Crippen LogP contribution in [0.15, 0.2) is 70.5 Å². The molecule has 2 aromatic carbocycles. The maximum Gasteiger partial charge on any atom is 0.236 e. The fourth-order valence-electron chi connectivity index (χ4n) is 3.01. The standard InChI is InChI=1S/C22H18Cl2N4O2S/c1-14-9-20(27-30-14)26-21(29)13-31-22-25-11-19(16-7-8-17(23)18(24)10-16)28(22)12-15-5-3-2-4-6-15/h2-11H,12-13H2,1H3,(H,26,27,29). The third-order valence-electron chi connectivity index (χ3n) is 4.45. The summed E-state index contributed by atoms with van der Waals surface area (Å²) >= 11 is 13.7. The molecule has 0 unspecified atom stereocenters. The minimum absolute atomic E-state index is 0.179. The zero-order chi connectivity index (χ0) is 21.8. The molecule has 4 rings (SSSR count). The van der Waals surface area contributed by atoms with Crippen LogP contribution in [0.3, 0.4) is 0 Å². The summed E-state index contributed by atoms with van der Waals surface area (Å²) in [6, 6.07) is 17.2. The van der Waals surface area contributed by atoms with Crippen molar-refractivity contribution >= 4 is 46.7 Å². The first-order valence-corrected chi connectivity index (χ1v) is 11.1. The van der Waals surface area contributed by atoms with Gasteiger partial charge in [-0.25, -0.2) is 4.98 Å². The van der Waals surface area contributed by atoms with Crippen LogP contribution in [0, 0.1) is 6.92 Å². The molecule has 0 saturated heterocycles. The largest absolute Gasteiger partial charge is 0.360 e. The van der Waals surface area contributed by atoms with Crippen LogP contribution in [0.5, 0.6) is 0 Å². The van der Waals surface area contributed by atoms with Crippen LogP contribution in [0.1, 0.15) is 11.3 Å². The highest BCUT2D eigenvalue weighted by Gasteiger charge is 2.16. The topological polar surface area (TPSA) is 73.0 Å². The number of hydrogen-bond acceptors (Lipinski definition) is 5. The molecule has 4 aromatic rings. The fourth-order valence-corrected chi connectivity index (χ4v) is 4.09. The predicted molar refractivity (Wildman–Crippen MR) is 124 cm³/mol. The maximum absolute atomic E-state index is 12.3. The van der Waals surface area contributed by atoms with Crippen molar-refractivity contribution in [1.29, 1.82) is 0 Å². The molecule has 6 nitrogen and oxygen atoms in total. The second-order valence-corrected chi connectivity index (χ2v) is 8.54. The summed E-state index contributed by atoms with van der Waals surface area (Å²) in [7, 11) is 0. The molecule has 158 valence electrons. The van der Waals surface area contributed by atoms with Crippen LogP contribution in [0.2, 0.25) is 10.0 Å². The van der Waals surface area contributed by atoms with Gasteiger partial charge in [-0.15, -0.1) is 0 Å². The Morgan fingerprint density at radius 2 is 1.94 bits per heavy atom. The number of carbonyl (C=O) groups is 1.